The Kier molecular flexibility index (Phi) is 6.01. The molecule has 0 bridgehead atoms. The van der Waals surface area contributed by atoms with E-state index in [-0.39, 0.29) is 23.2 Å². The van der Waals surface area contributed by atoms with Gasteiger partial charge in [-0.15, -0.1) is 0 Å². The van der Waals surface area contributed by atoms with Crippen LogP contribution < -0.4 is 4.74 Å². The second-order valence-corrected chi connectivity index (χ2v) is 5.97. The Morgan fingerprint density at radius 3 is 2.79 bits per heavy atom. The van der Waals surface area contributed by atoms with Crippen molar-refractivity contribution in [2.45, 2.75) is 19.8 Å². The van der Waals surface area contributed by atoms with Gasteiger partial charge in [0, 0.05) is 17.7 Å². The molecule has 0 saturated heterocycles. The van der Waals surface area contributed by atoms with Crippen LogP contribution >= 0.6 is 0 Å². The molecular formula is C20H19N3O5. The molecule has 0 atom stereocenters. The summed E-state index contributed by atoms with van der Waals surface area (Å²) in [5.74, 6) is 0.603. The minimum Gasteiger partial charge on any atom is -0.494 e. The third-order valence-corrected chi connectivity index (χ3v) is 3.88. The van der Waals surface area contributed by atoms with Crippen LogP contribution in [0.5, 0.6) is 11.7 Å². The highest BCUT2D eigenvalue weighted by Crippen LogP contribution is 2.28. The number of nitrogens with zero attached hydrogens (tertiary/aromatic N) is 3. The van der Waals surface area contributed by atoms with Crippen LogP contribution in [0.25, 0.3) is 11.5 Å². The van der Waals surface area contributed by atoms with Crippen molar-refractivity contribution in [3.8, 4) is 23.1 Å². The molecule has 0 fully saturated rings. The van der Waals surface area contributed by atoms with Crippen molar-refractivity contribution >= 4 is 17.6 Å². The van der Waals surface area contributed by atoms with E-state index in [4.69, 9.17) is 9.15 Å². The maximum Gasteiger partial charge on any atom is 0.312 e. The van der Waals surface area contributed by atoms with Crippen molar-refractivity contribution < 1.29 is 19.2 Å². The number of hydrogen-bond acceptors (Lipinski definition) is 7. The van der Waals surface area contributed by atoms with Crippen LogP contribution in [0.4, 0.5) is 11.4 Å². The van der Waals surface area contributed by atoms with E-state index in [1.54, 1.807) is 18.2 Å². The summed E-state index contributed by atoms with van der Waals surface area (Å²) in [6.45, 7) is 2.76. The third-order valence-electron chi connectivity index (χ3n) is 3.88. The molecule has 0 saturated carbocycles. The molecule has 0 aliphatic carbocycles. The van der Waals surface area contributed by atoms with Gasteiger partial charge in [-0.25, -0.2) is 4.98 Å². The van der Waals surface area contributed by atoms with Crippen LogP contribution in [-0.4, -0.2) is 27.8 Å². The van der Waals surface area contributed by atoms with Crippen molar-refractivity contribution in [3.63, 3.8) is 0 Å². The van der Waals surface area contributed by atoms with Crippen molar-refractivity contribution in [3.05, 3.63) is 64.3 Å². The lowest BCUT2D eigenvalue weighted by Crippen LogP contribution is -1.95. The highest BCUT2D eigenvalue weighted by atomic mass is 16.6. The molecule has 0 spiro atoms. The van der Waals surface area contributed by atoms with Gasteiger partial charge in [0.15, 0.2) is 5.69 Å². The molecule has 2 aromatic carbocycles. The molecule has 3 rings (SSSR count). The summed E-state index contributed by atoms with van der Waals surface area (Å²) >= 11 is 0. The van der Waals surface area contributed by atoms with E-state index < -0.39 is 4.92 Å². The monoisotopic (exact) mass is 381 g/mol. The number of non-ortho nitro benzene ring substituents is 1. The topological polar surface area (TPSA) is 111 Å². The normalized spacial score (nSPS) is 11.0. The fourth-order valence-electron chi connectivity index (χ4n) is 2.38. The predicted octanol–water partition coefficient (Wildman–Crippen LogP) is 4.88. The number of benzene rings is 2. The Bertz CT molecular complexity index is 980. The molecule has 0 aliphatic heterocycles. The van der Waals surface area contributed by atoms with Gasteiger partial charge in [-0.3, -0.25) is 15.1 Å². The first-order valence-corrected chi connectivity index (χ1v) is 8.78. The first-order chi connectivity index (χ1) is 13.6. The summed E-state index contributed by atoms with van der Waals surface area (Å²) in [7, 11) is 0. The zero-order valence-corrected chi connectivity index (χ0v) is 15.2. The Labute approximate surface area is 161 Å². The second-order valence-electron chi connectivity index (χ2n) is 5.97. The Balaban J connectivity index is 1.74. The summed E-state index contributed by atoms with van der Waals surface area (Å²) < 4.78 is 10.9. The summed E-state index contributed by atoms with van der Waals surface area (Å²) in [4.78, 5) is 18.6. The van der Waals surface area contributed by atoms with Crippen molar-refractivity contribution in [2.24, 2.45) is 4.99 Å². The van der Waals surface area contributed by atoms with E-state index in [1.165, 1.54) is 24.4 Å². The smallest absolute Gasteiger partial charge is 0.312 e. The molecule has 1 N–H and O–H groups in total. The molecule has 3 aromatic rings. The van der Waals surface area contributed by atoms with Crippen molar-refractivity contribution in [1.29, 1.82) is 0 Å². The number of rotatable bonds is 8. The fraction of sp³-hybridized carbons (Fsp3) is 0.200. The van der Waals surface area contributed by atoms with E-state index in [2.05, 4.69) is 16.9 Å². The number of hydrogen-bond donors (Lipinski definition) is 1. The number of oxazole rings is 1. The Morgan fingerprint density at radius 1 is 1.29 bits per heavy atom. The van der Waals surface area contributed by atoms with Gasteiger partial charge in [-0.05, 0) is 36.8 Å². The third kappa shape index (κ3) is 4.73. The maximum atomic E-state index is 10.8. The molecule has 1 aromatic heterocycles. The van der Waals surface area contributed by atoms with E-state index >= 15 is 0 Å². The van der Waals surface area contributed by atoms with Crippen LogP contribution in [-0.2, 0) is 0 Å². The molecule has 8 nitrogen and oxygen atoms in total. The maximum absolute atomic E-state index is 10.8. The number of aromatic nitrogens is 1. The largest absolute Gasteiger partial charge is 0.494 e. The molecule has 28 heavy (non-hydrogen) atoms. The van der Waals surface area contributed by atoms with Gasteiger partial charge in [0.2, 0.25) is 5.89 Å². The summed E-state index contributed by atoms with van der Waals surface area (Å²) in [6.07, 6.45) is 3.35. The Morgan fingerprint density at radius 2 is 2.07 bits per heavy atom. The average molecular weight is 381 g/mol. The molecular weight excluding hydrogens is 362 g/mol. The standard InChI is InChI=1S/C20H19N3O5/c1-2-3-11-27-17-9-7-14(8-10-17)19-22-18(20(24)28-19)13-21-15-5-4-6-16(12-15)23(25)26/h4-10,12-13,24H,2-3,11H2,1H3. The summed E-state index contributed by atoms with van der Waals surface area (Å²) in [6, 6.07) is 13.0. The van der Waals surface area contributed by atoms with E-state index in [9.17, 15) is 15.2 Å². The van der Waals surface area contributed by atoms with Crippen molar-refractivity contribution in [1.82, 2.24) is 4.98 Å². The fourth-order valence-corrected chi connectivity index (χ4v) is 2.38. The van der Waals surface area contributed by atoms with Crippen LogP contribution in [0.15, 0.2) is 57.9 Å². The Hall–Kier alpha value is -3.68. The van der Waals surface area contributed by atoms with Gasteiger partial charge in [0.1, 0.15) is 5.75 Å². The number of unbranched alkanes of at least 4 members (excludes halogenated alkanes) is 1. The summed E-state index contributed by atoms with van der Waals surface area (Å²) in [5.41, 5.74) is 1.10. The van der Waals surface area contributed by atoms with E-state index in [0.717, 1.165) is 18.6 Å². The van der Waals surface area contributed by atoms with Gasteiger partial charge in [-0.2, -0.15) is 0 Å². The quantitative estimate of drug-likeness (QED) is 0.257. The predicted molar refractivity (Wildman–Crippen MR) is 104 cm³/mol. The highest BCUT2D eigenvalue weighted by Gasteiger charge is 2.13. The lowest BCUT2D eigenvalue weighted by atomic mass is 10.2. The van der Waals surface area contributed by atoms with E-state index in [1.807, 2.05) is 12.1 Å². The number of aliphatic imine (C=N–C) groups is 1. The number of aromatic hydroxyl groups is 1. The van der Waals surface area contributed by atoms with Crippen LogP contribution in [0.3, 0.4) is 0 Å². The molecule has 0 unspecified atom stereocenters. The molecule has 144 valence electrons. The van der Waals surface area contributed by atoms with Gasteiger partial charge >= 0.3 is 5.95 Å². The highest BCUT2D eigenvalue weighted by molar-refractivity contribution is 5.83. The van der Waals surface area contributed by atoms with Crippen LogP contribution in [0.2, 0.25) is 0 Å². The first-order valence-electron chi connectivity index (χ1n) is 8.78. The number of nitro benzene ring substituents is 1. The number of ether oxygens (including phenoxy) is 1. The molecule has 8 heteroatoms. The molecule has 0 amide bonds. The molecule has 0 aliphatic rings. The SMILES string of the molecule is CCCCOc1ccc(-c2nc(C=Nc3cccc([N+](=O)[O-])c3)c(O)o2)cc1. The zero-order valence-electron chi connectivity index (χ0n) is 15.2. The lowest BCUT2D eigenvalue weighted by molar-refractivity contribution is -0.384. The lowest BCUT2D eigenvalue weighted by Gasteiger charge is -2.05. The molecule has 0 radical (unpaired) electrons. The second kappa shape index (κ2) is 8.81. The first kappa shape index (κ1) is 19.1. The van der Waals surface area contributed by atoms with Crippen molar-refractivity contribution in [2.75, 3.05) is 6.61 Å². The minimum absolute atomic E-state index is 0.0686. The van der Waals surface area contributed by atoms with Gasteiger partial charge in [-0.1, -0.05) is 19.4 Å². The van der Waals surface area contributed by atoms with Crippen LogP contribution in [0.1, 0.15) is 25.5 Å². The van der Waals surface area contributed by atoms with Gasteiger partial charge in [0.05, 0.1) is 23.4 Å². The average Bonchev–Trinajstić information content (AvgIpc) is 3.08. The zero-order chi connectivity index (χ0) is 19.9. The minimum atomic E-state index is -0.500. The number of nitro groups is 1. The molecule has 1 heterocycles. The van der Waals surface area contributed by atoms with Gasteiger partial charge < -0.3 is 14.3 Å². The van der Waals surface area contributed by atoms with Gasteiger partial charge in [0.25, 0.3) is 5.69 Å². The summed E-state index contributed by atoms with van der Waals surface area (Å²) in [5, 5.41) is 20.8. The van der Waals surface area contributed by atoms with Crippen LogP contribution in [0, 0.1) is 10.1 Å². The van der Waals surface area contributed by atoms with E-state index in [0.29, 0.717) is 17.9 Å².